The summed E-state index contributed by atoms with van der Waals surface area (Å²) in [6.45, 7) is 5.11. The van der Waals surface area contributed by atoms with Crippen molar-refractivity contribution in [1.29, 1.82) is 0 Å². The maximum atomic E-state index is 12.3. The maximum absolute atomic E-state index is 12.3. The Kier molecular flexibility index (Phi) is 7.11. The SMILES string of the molecule is CCOCCO[C@H]1CCN(C(=O)NC2CCC(C(=O)O)CC2)C1. The molecular weight excluding hydrogens is 300 g/mol. The number of carboxylic acid groups (broad SMARTS) is 1. The minimum Gasteiger partial charge on any atom is -0.481 e. The lowest BCUT2D eigenvalue weighted by Crippen LogP contribution is -2.45. The number of nitrogens with zero attached hydrogens (tertiary/aromatic N) is 1. The molecule has 0 radical (unpaired) electrons. The Balaban J connectivity index is 1.64. The van der Waals surface area contributed by atoms with Crippen molar-refractivity contribution < 1.29 is 24.2 Å². The first-order chi connectivity index (χ1) is 11.1. The lowest BCUT2D eigenvalue weighted by Gasteiger charge is -2.28. The molecule has 0 unspecified atom stereocenters. The number of aliphatic carboxylic acids is 1. The van der Waals surface area contributed by atoms with Gasteiger partial charge in [0.25, 0.3) is 0 Å². The number of carbonyl (C=O) groups is 2. The Labute approximate surface area is 137 Å². The second-order valence-electron chi connectivity index (χ2n) is 6.26. The highest BCUT2D eigenvalue weighted by atomic mass is 16.5. The third-order valence-electron chi connectivity index (χ3n) is 4.62. The average Bonchev–Trinajstić information content (AvgIpc) is 3.01. The van der Waals surface area contributed by atoms with Crippen LogP contribution < -0.4 is 5.32 Å². The normalized spacial score (nSPS) is 27.9. The summed E-state index contributed by atoms with van der Waals surface area (Å²) in [6.07, 6.45) is 3.71. The van der Waals surface area contributed by atoms with E-state index in [4.69, 9.17) is 14.6 Å². The van der Waals surface area contributed by atoms with Gasteiger partial charge in [0.05, 0.1) is 25.2 Å². The molecule has 1 saturated heterocycles. The van der Waals surface area contributed by atoms with Gasteiger partial charge in [-0.25, -0.2) is 4.79 Å². The third kappa shape index (κ3) is 5.66. The van der Waals surface area contributed by atoms with Gasteiger partial charge in [-0.3, -0.25) is 4.79 Å². The molecule has 1 atom stereocenters. The van der Waals surface area contributed by atoms with E-state index in [1.807, 2.05) is 6.92 Å². The van der Waals surface area contributed by atoms with Crippen molar-refractivity contribution in [3.05, 3.63) is 0 Å². The zero-order valence-corrected chi connectivity index (χ0v) is 13.8. The van der Waals surface area contributed by atoms with Crippen LogP contribution in [0.1, 0.15) is 39.0 Å². The van der Waals surface area contributed by atoms with Crippen LogP contribution >= 0.6 is 0 Å². The van der Waals surface area contributed by atoms with E-state index in [0.29, 0.717) is 45.8 Å². The quantitative estimate of drug-likeness (QED) is 0.691. The van der Waals surface area contributed by atoms with Crippen molar-refractivity contribution >= 4 is 12.0 Å². The molecule has 0 aromatic heterocycles. The summed E-state index contributed by atoms with van der Waals surface area (Å²) in [5.41, 5.74) is 0. The molecule has 1 aliphatic carbocycles. The first-order valence-electron chi connectivity index (χ1n) is 8.57. The van der Waals surface area contributed by atoms with Gasteiger partial charge in [0, 0.05) is 25.7 Å². The molecule has 1 heterocycles. The van der Waals surface area contributed by atoms with Crippen LogP contribution in [0, 0.1) is 5.92 Å². The molecule has 2 fully saturated rings. The second-order valence-corrected chi connectivity index (χ2v) is 6.26. The Bertz CT molecular complexity index is 396. The number of ether oxygens (including phenoxy) is 2. The van der Waals surface area contributed by atoms with Crippen LogP contribution in [-0.2, 0) is 14.3 Å². The zero-order valence-electron chi connectivity index (χ0n) is 13.8. The van der Waals surface area contributed by atoms with E-state index in [0.717, 1.165) is 19.3 Å². The molecule has 2 aliphatic rings. The number of rotatable bonds is 7. The summed E-state index contributed by atoms with van der Waals surface area (Å²) < 4.78 is 10.9. The highest BCUT2D eigenvalue weighted by Gasteiger charge is 2.30. The molecule has 0 aromatic carbocycles. The first kappa shape index (κ1) is 18.0. The van der Waals surface area contributed by atoms with Crippen molar-refractivity contribution in [2.75, 3.05) is 32.9 Å². The van der Waals surface area contributed by atoms with Gasteiger partial charge in [0.2, 0.25) is 0 Å². The van der Waals surface area contributed by atoms with Crippen LogP contribution in [0.4, 0.5) is 4.79 Å². The van der Waals surface area contributed by atoms with Gasteiger partial charge < -0.3 is 24.8 Å². The van der Waals surface area contributed by atoms with Gasteiger partial charge in [-0.1, -0.05) is 0 Å². The fraction of sp³-hybridized carbons (Fsp3) is 0.875. The lowest BCUT2D eigenvalue weighted by molar-refractivity contribution is -0.142. The fourth-order valence-electron chi connectivity index (χ4n) is 3.22. The molecule has 0 aromatic rings. The second kappa shape index (κ2) is 9.08. The topological polar surface area (TPSA) is 88.1 Å². The number of nitrogens with one attached hydrogen (secondary N) is 1. The number of carbonyl (C=O) groups excluding carboxylic acids is 1. The monoisotopic (exact) mass is 328 g/mol. The van der Waals surface area contributed by atoms with Crippen LogP contribution in [0.3, 0.4) is 0 Å². The predicted octanol–water partition coefficient (Wildman–Crippen LogP) is 1.47. The zero-order chi connectivity index (χ0) is 16.7. The summed E-state index contributed by atoms with van der Waals surface area (Å²) in [4.78, 5) is 25.0. The van der Waals surface area contributed by atoms with Gasteiger partial charge in [-0.2, -0.15) is 0 Å². The highest BCUT2D eigenvalue weighted by molar-refractivity contribution is 5.75. The Morgan fingerprint density at radius 3 is 2.57 bits per heavy atom. The van der Waals surface area contributed by atoms with E-state index in [1.165, 1.54) is 0 Å². The largest absolute Gasteiger partial charge is 0.481 e. The lowest BCUT2D eigenvalue weighted by atomic mass is 9.86. The molecule has 7 heteroatoms. The molecule has 0 spiro atoms. The molecule has 23 heavy (non-hydrogen) atoms. The van der Waals surface area contributed by atoms with Gasteiger partial charge >= 0.3 is 12.0 Å². The molecular formula is C16H28N2O5. The van der Waals surface area contributed by atoms with E-state index < -0.39 is 5.97 Å². The van der Waals surface area contributed by atoms with Crippen LogP contribution in [0.5, 0.6) is 0 Å². The van der Waals surface area contributed by atoms with E-state index >= 15 is 0 Å². The van der Waals surface area contributed by atoms with Gasteiger partial charge in [-0.15, -0.1) is 0 Å². The van der Waals surface area contributed by atoms with Gasteiger partial charge in [0.15, 0.2) is 0 Å². The number of hydrogen-bond donors (Lipinski definition) is 2. The number of hydrogen-bond acceptors (Lipinski definition) is 4. The number of likely N-dealkylation sites (tertiary alicyclic amines) is 1. The summed E-state index contributed by atoms with van der Waals surface area (Å²) in [5.74, 6) is -0.973. The average molecular weight is 328 g/mol. The Hall–Kier alpha value is -1.34. The van der Waals surface area contributed by atoms with Crippen LogP contribution in [0.25, 0.3) is 0 Å². The number of carboxylic acids is 1. The van der Waals surface area contributed by atoms with E-state index in [1.54, 1.807) is 4.90 Å². The van der Waals surface area contributed by atoms with Crippen molar-refractivity contribution in [3.8, 4) is 0 Å². The van der Waals surface area contributed by atoms with Crippen molar-refractivity contribution in [2.45, 2.75) is 51.2 Å². The van der Waals surface area contributed by atoms with Gasteiger partial charge in [0.1, 0.15) is 0 Å². The molecule has 2 N–H and O–H groups in total. The number of urea groups is 1. The smallest absolute Gasteiger partial charge is 0.317 e. The molecule has 2 amide bonds. The van der Waals surface area contributed by atoms with Crippen molar-refractivity contribution in [3.63, 3.8) is 0 Å². The summed E-state index contributed by atoms with van der Waals surface area (Å²) in [6, 6.07) is 0.0377. The summed E-state index contributed by atoms with van der Waals surface area (Å²) >= 11 is 0. The molecule has 0 bridgehead atoms. The van der Waals surface area contributed by atoms with Crippen molar-refractivity contribution in [1.82, 2.24) is 10.2 Å². The molecule has 1 aliphatic heterocycles. The van der Waals surface area contributed by atoms with Crippen LogP contribution in [-0.4, -0.2) is 67.1 Å². The van der Waals surface area contributed by atoms with Crippen molar-refractivity contribution in [2.24, 2.45) is 5.92 Å². The van der Waals surface area contributed by atoms with Crippen LogP contribution in [0.15, 0.2) is 0 Å². The standard InChI is InChI=1S/C16H28N2O5/c1-2-22-9-10-23-14-7-8-18(11-14)16(21)17-13-5-3-12(4-6-13)15(19)20/h12-14H,2-11H2,1H3,(H,17,21)(H,19,20)/t12?,13?,14-/m0/s1. The Morgan fingerprint density at radius 2 is 1.91 bits per heavy atom. The van der Waals surface area contributed by atoms with Crippen LogP contribution in [0.2, 0.25) is 0 Å². The highest BCUT2D eigenvalue weighted by Crippen LogP contribution is 2.24. The minimum absolute atomic E-state index is 0.0558. The van der Waals surface area contributed by atoms with Gasteiger partial charge in [-0.05, 0) is 39.0 Å². The first-order valence-corrected chi connectivity index (χ1v) is 8.57. The minimum atomic E-state index is -0.721. The van der Waals surface area contributed by atoms with E-state index in [-0.39, 0.29) is 24.1 Å². The molecule has 7 nitrogen and oxygen atoms in total. The number of amides is 2. The molecule has 2 rings (SSSR count). The third-order valence-corrected chi connectivity index (χ3v) is 4.62. The fourth-order valence-corrected chi connectivity index (χ4v) is 3.22. The summed E-state index contributed by atoms with van der Waals surface area (Å²) in [7, 11) is 0. The Morgan fingerprint density at radius 1 is 1.17 bits per heavy atom. The maximum Gasteiger partial charge on any atom is 0.317 e. The summed E-state index contributed by atoms with van der Waals surface area (Å²) in [5, 5.41) is 12.0. The molecule has 132 valence electrons. The molecule has 1 saturated carbocycles. The van der Waals surface area contributed by atoms with E-state index in [2.05, 4.69) is 5.32 Å². The van der Waals surface area contributed by atoms with E-state index in [9.17, 15) is 9.59 Å². The predicted molar refractivity (Wildman–Crippen MR) is 84.3 cm³/mol.